The standard InChI is InChI=1S/C18H23N3/c1-14(19-2)17-9-6-11-20-18(17)21-12-10-16(13-21)15-7-4-3-5-8-15/h3-9,11,14,16,19H,10,12-13H2,1-2H3. The van der Waals surface area contributed by atoms with E-state index in [2.05, 4.69) is 58.5 Å². The van der Waals surface area contributed by atoms with Crippen molar-refractivity contribution in [1.29, 1.82) is 0 Å². The largest absolute Gasteiger partial charge is 0.356 e. The molecule has 0 radical (unpaired) electrons. The molecule has 110 valence electrons. The van der Waals surface area contributed by atoms with Crippen LogP contribution < -0.4 is 10.2 Å². The molecule has 3 rings (SSSR count). The highest BCUT2D eigenvalue weighted by Crippen LogP contribution is 2.32. The molecule has 1 N–H and O–H groups in total. The number of aromatic nitrogens is 1. The molecule has 21 heavy (non-hydrogen) atoms. The van der Waals surface area contributed by atoms with Gasteiger partial charge >= 0.3 is 0 Å². The summed E-state index contributed by atoms with van der Waals surface area (Å²) in [5, 5.41) is 3.32. The summed E-state index contributed by atoms with van der Waals surface area (Å²) in [7, 11) is 2.00. The number of hydrogen-bond acceptors (Lipinski definition) is 3. The minimum Gasteiger partial charge on any atom is -0.356 e. The van der Waals surface area contributed by atoms with Gasteiger partial charge in [0.05, 0.1) is 0 Å². The number of hydrogen-bond donors (Lipinski definition) is 1. The Bertz CT molecular complexity index is 582. The first-order chi connectivity index (χ1) is 10.3. The monoisotopic (exact) mass is 281 g/mol. The lowest BCUT2D eigenvalue weighted by molar-refractivity contribution is 0.646. The lowest BCUT2D eigenvalue weighted by atomic mass is 9.99. The molecule has 0 amide bonds. The van der Waals surface area contributed by atoms with E-state index in [4.69, 9.17) is 0 Å². The molecule has 0 aliphatic carbocycles. The zero-order chi connectivity index (χ0) is 14.7. The second-order valence-electron chi connectivity index (χ2n) is 5.77. The summed E-state index contributed by atoms with van der Waals surface area (Å²) in [5.74, 6) is 1.75. The van der Waals surface area contributed by atoms with E-state index in [9.17, 15) is 0 Å². The molecule has 1 saturated heterocycles. The van der Waals surface area contributed by atoms with E-state index >= 15 is 0 Å². The highest BCUT2D eigenvalue weighted by atomic mass is 15.2. The van der Waals surface area contributed by atoms with Crippen LogP contribution in [0.25, 0.3) is 0 Å². The maximum Gasteiger partial charge on any atom is 0.133 e. The van der Waals surface area contributed by atoms with Gasteiger partial charge in [0.25, 0.3) is 0 Å². The number of rotatable bonds is 4. The van der Waals surface area contributed by atoms with Crippen molar-refractivity contribution < 1.29 is 0 Å². The predicted molar refractivity (Wildman–Crippen MR) is 87.7 cm³/mol. The van der Waals surface area contributed by atoms with Gasteiger partial charge in [-0.3, -0.25) is 0 Å². The van der Waals surface area contributed by atoms with Crippen LogP contribution in [-0.4, -0.2) is 25.1 Å². The number of anilines is 1. The van der Waals surface area contributed by atoms with Crippen molar-refractivity contribution in [3.63, 3.8) is 0 Å². The van der Waals surface area contributed by atoms with Crippen LogP contribution in [0, 0.1) is 0 Å². The number of benzene rings is 1. The molecule has 2 heterocycles. The SMILES string of the molecule is CNC(C)c1cccnc1N1CCC(c2ccccc2)C1. The van der Waals surface area contributed by atoms with E-state index in [0.29, 0.717) is 12.0 Å². The van der Waals surface area contributed by atoms with Crippen molar-refractivity contribution in [2.24, 2.45) is 0 Å². The normalized spacial score (nSPS) is 19.7. The molecule has 1 aromatic carbocycles. The maximum atomic E-state index is 4.64. The number of nitrogens with zero attached hydrogens (tertiary/aromatic N) is 2. The van der Waals surface area contributed by atoms with E-state index in [1.807, 2.05) is 19.3 Å². The maximum absolute atomic E-state index is 4.64. The zero-order valence-corrected chi connectivity index (χ0v) is 12.8. The average molecular weight is 281 g/mol. The summed E-state index contributed by atoms with van der Waals surface area (Å²) in [4.78, 5) is 7.08. The molecule has 0 bridgehead atoms. The molecule has 0 saturated carbocycles. The van der Waals surface area contributed by atoms with Gasteiger partial charge in [-0.15, -0.1) is 0 Å². The van der Waals surface area contributed by atoms with Crippen LogP contribution in [0.15, 0.2) is 48.7 Å². The fourth-order valence-electron chi connectivity index (χ4n) is 3.12. The van der Waals surface area contributed by atoms with E-state index in [0.717, 1.165) is 18.9 Å². The molecule has 2 atom stereocenters. The second-order valence-corrected chi connectivity index (χ2v) is 5.77. The highest BCUT2D eigenvalue weighted by molar-refractivity contribution is 5.50. The van der Waals surface area contributed by atoms with E-state index in [1.165, 1.54) is 17.5 Å². The molecule has 1 aliphatic rings. The van der Waals surface area contributed by atoms with E-state index in [1.54, 1.807) is 0 Å². The van der Waals surface area contributed by atoms with Crippen molar-refractivity contribution in [3.05, 3.63) is 59.8 Å². The van der Waals surface area contributed by atoms with Gasteiger partial charge in [-0.05, 0) is 32.0 Å². The van der Waals surface area contributed by atoms with Crippen LogP contribution >= 0.6 is 0 Å². The van der Waals surface area contributed by atoms with Gasteiger partial charge in [-0.1, -0.05) is 36.4 Å². The van der Waals surface area contributed by atoms with Gasteiger partial charge in [0, 0.05) is 36.8 Å². The zero-order valence-electron chi connectivity index (χ0n) is 12.8. The number of pyridine rings is 1. The first kappa shape index (κ1) is 14.1. The Labute approximate surface area is 127 Å². The van der Waals surface area contributed by atoms with Gasteiger partial charge < -0.3 is 10.2 Å². The molecular weight excluding hydrogens is 258 g/mol. The Balaban J connectivity index is 1.81. The first-order valence-electron chi connectivity index (χ1n) is 7.71. The lowest BCUT2D eigenvalue weighted by Gasteiger charge is -2.23. The van der Waals surface area contributed by atoms with Gasteiger partial charge in [-0.2, -0.15) is 0 Å². The predicted octanol–water partition coefficient (Wildman–Crippen LogP) is 3.36. The highest BCUT2D eigenvalue weighted by Gasteiger charge is 2.26. The minimum absolute atomic E-state index is 0.324. The van der Waals surface area contributed by atoms with Gasteiger partial charge in [0.1, 0.15) is 5.82 Å². The summed E-state index contributed by atoms with van der Waals surface area (Å²) < 4.78 is 0. The number of nitrogens with one attached hydrogen (secondary N) is 1. The van der Waals surface area contributed by atoms with Crippen LogP contribution in [-0.2, 0) is 0 Å². The minimum atomic E-state index is 0.324. The summed E-state index contributed by atoms with van der Waals surface area (Å²) in [6, 6.07) is 15.4. The van der Waals surface area contributed by atoms with E-state index in [-0.39, 0.29) is 0 Å². The van der Waals surface area contributed by atoms with Crippen molar-refractivity contribution in [3.8, 4) is 0 Å². The third-order valence-corrected chi connectivity index (χ3v) is 4.48. The Morgan fingerprint density at radius 1 is 1.19 bits per heavy atom. The molecule has 0 spiro atoms. The smallest absolute Gasteiger partial charge is 0.133 e. The molecular formula is C18H23N3. The van der Waals surface area contributed by atoms with Crippen molar-refractivity contribution in [1.82, 2.24) is 10.3 Å². The molecule has 2 unspecified atom stereocenters. The molecule has 1 fully saturated rings. The fraction of sp³-hybridized carbons (Fsp3) is 0.389. The van der Waals surface area contributed by atoms with Gasteiger partial charge in [0.2, 0.25) is 0 Å². The van der Waals surface area contributed by atoms with Crippen LogP contribution in [0.3, 0.4) is 0 Å². The molecule has 3 heteroatoms. The van der Waals surface area contributed by atoms with Crippen molar-refractivity contribution in [2.45, 2.75) is 25.3 Å². The topological polar surface area (TPSA) is 28.2 Å². The van der Waals surface area contributed by atoms with Crippen molar-refractivity contribution >= 4 is 5.82 Å². The van der Waals surface area contributed by atoms with Gasteiger partial charge in [-0.25, -0.2) is 4.98 Å². The summed E-state index contributed by atoms with van der Waals surface area (Å²) >= 11 is 0. The van der Waals surface area contributed by atoms with Crippen LogP contribution in [0.4, 0.5) is 5.82 Å². The quantitative estimate of drug-likeness (QED) is 0.931. The Hall–Kier alpha value is -1.87. The van der Waals surface area contributed by atoms with Crippen molar-refractivity contribution in [2.75, 3.05) is 25.0 Å². The summed E-state index contributed by atoms with van der Waals surface area (Å²) in [6.45, 7) is 4.33. The van der Waals surface area contributed by atoms with Crippen LogP contribution in [0.5, 0.6) is 0 Å². The third-order valence-electron chi connectivity index (χ3n) is 4.48. The Morgan fingerprint density at radius 3 is 2.76 bits per heavy atom. The van der Waals surface area contributed by atoms with Crippen LogP contribution in [0.1, 0.15) is 36.4 Å². The lowest BCUT2D eigenvalue weighted by Crippen LogP contribution is -2.24. The summed E-state index contributed by atoms with van der Waals surface area (Å²) in [5.41, 5.74) is 2.73. The van der Waals surface area contributed by atoms with E-state index < -0.39 is 0 Å². The molecule has 2 aromatic rings. The molecule has 1 aromatic heterocycles. The summed E-state index contributed by atoms with van der Waals surface area (Å²) in [6.07, 6.45) is 3.10. The fourth-order valence-corrected chi connectivity index (χ4v) is 3.12. The molecule has 1 aliphatic heterocycles. The Morgan fingerprint density at radius 2 is 2.00 bits per heavy atom. The third kappa shape index (κ3) is 2.93. The first-order valence-corrected chi connectivity index (χ1v) is 7.71. The van der Waals surface area contributed by atoms with Crippen LogP contribution in [0.2, 0.25) is 0 Å². The second kappa shape index (κ2) is 6.27. The Kier molecular flexibility index (Phi) is 4.20. The molecule has 3 nitrogen and oxygen atoms in total. The van der Waals surface area contributed by atoms with Gasteiger partial charge in [0.15, 0.2) is 0 Å². The average Bonchev–Trinajstić information content (AvgIpc) is 3.05.